The summed E-state index contributed by atoms with van der Waals surface area (Å²) in [6, 6.07) is 0. The van der Waals surface area contributed by atoms with Gasteiger partial charge in [0.15, 0.2) is 0 Å². The molecule has 1 fully saturated rings. The van der Waals surface area contributed by atoms with Gasteiger partial charge in [-0.05, 0) is 11.8 Å². The van der Waals surface area contributed by atoms with Crippen molar-refractivity contribution in [1.29, 1.82) is 5.26 Å². The lowest BCUT2D eigenvalue weighted by molar-refractivity contribution is 1.09. The van der Waals surface area contributed by atoms with Crippen LogP contribution in [0.25, 0.3) is 0 Å². The van der Waals surface area contributed by atoms with Gasteiger partial charge in [0.2, 0.25) is 0 Å². The second-order valence-corrected chi connectivity index (χ2v) is 3.53. The number of thioether (sulfide) groups is 2. The van der Waals surface area contributed by atoms with E-state index < -0.39 is 0 Å². The maximum absolute atomic E-state index is 8.11. The highest BCUT2D eigenvalue weighted by Gasteiger charge is 2.17. The molecule has 1 heterocycles. The molecule has 0 aromatic heterocycles. The number of nitrogens with zero attached hydrogens (tertiary/aromatic N) is 1. The molecule has 7 heavy (non-hydrogen) atoms. The van der Waals surface area contributed by atoms with Crippen molar-refractivity contribution in [1.82, 2.24) is 0 Å². The molecule has 0 amide bonds. The quantitative estimate of drug-likeness (QED) is 0.501. The molecule has 0 N–H and O–H groups in total. The molecule has 3 heteroatoms. The highest BCUT2D eigenvalue weighted by molar-refractivity contribution is 8.09. The minimum Gasteiger partial charge on any atom is -0.185 e. The van der Waals surface area contributed by atoms with Crippen LogP contribution in [-0.2, 0) is 0 Å². The molecule has 0 atom stereocenters. The maximum atomic E-state index is 8.11. The van der Waals surface area contributed by atoms with Crippen LogP contribution < -0.4 is 0 Å². The van der Waals surface area contributed by atoms with Gasteiger partial charge in [-0.1, -0.05) is 0 Å². The second-order valence-electron chi connectivity index (χ2n) is 1.37. The van der Waals surface area contributed by atoms with Crippen LogP contribution in [0.1, 0.15) is 0 Å². The fourth-order valence-corrected chi connectivity index (χ4v) is 2.06. The third kappa shape index (κ3) is 1.29. The Kier molecular flexibility index (Phi) is 1.89. The average molecular weight is 131 g/mol. The topological polar surface area (TPSA) is 23.8 Å². The van der Waals surface area contributed by atoms with Crippen LogP contribution in [0.4, 0.5) is 0 Å². The van der Waals surface area contributed by atoms with Crippen LogP contribution >= 0.6 is 23.5 Å². The Labute approximate surface area is 51.5 Å². The molecule has 0 saturated carbocycles. The summed E-state index contributed by atoms with van der Waals surface area (Å²) in [5.41, 5.74) is 0. The fourth-order valence-electron chi connectivity index (χ4n) is 0.357. The lowest BCUT2D eigenvalue weighted by Crippen LogP contribution is -2.19. The van der Waals surface area contributed by atoms with Crippen molar-refractivity contribution < 1.29 is 0 Å². The van der Waals surface area contributed by atoms with Crippen LogP contribution in [0.5, 0.6) is 0 Å². The van der Waals surface area contributed by atoms with E-state index >= 15 is 0 Å². The van der Waals surface area contributed by atoms with Gasteiger partial charge in [0.25, 0.3) is 0 Å². The molecule has 0 bridgehead atoms. The van der Waals surface area contributed by atoms with Gasteiger partial charge in [-0.25, -0.2) is 0 Å². The second kappa shape index (κ2) is 2.49. The van der Waals surface area contributed by atoms with Gasteiger partial charge in [-0.15, -0.1) is 0 Å². The first-order valence-corrected chi connectivity index (χ1v) is 4.09. The first-order chi connectivity index (χ1) is 3.43. The molecule has 0 aromatic rings. The smallest absolute Gasteiger partial charge is 0.133 e. The molecule has 0 unspecified atom stereocenters. The summed E-state index contributed by atoms with van der Waals surface area (Å²) in [7, 11) is 0. The van der Waals surface area contributed by atoms with Crippen molar-refractivity contribution >= 4 is 23.5 Å². The predicted molar refractivity (Wildman–Crippen MR) is 34.3 cm³/mol. The number of hydrogen-bond donors (Lipinski definition) is 0. The molecular weight excluding hydrogens is 126 g/mol. The van der Waals surface area contributed by atoms with Crippen LogP contribution in [0.15, 0.2) is 0 Å². The van der Waals surface area contributed by atoms with E-state index in [1.807, 2.05) is 11.8 Å². The third-order valence-electron chi connectivity index (χ3n) is 0.827. The first-order valence-electron chi connectivity index (χ1n) is 2.06. The Hall–Kier alpha value is 0.190. The number of thiocyanates is 1. The normalized spacial score (nSPS) is 20.4. The summed E-state index contributed by atoms with van der Waals surface area (Å²) in [6.45, 7) is 0. The summed E-state index contributed by atoms with van der Waals surface area (Å²) in [4.78, 5) is 0. The van der Waals surface area contributed by atoms with E-state index in [2.05, 4.69) is 5.40 Å². The lowest BCUT2D eigenvalue weighted by Gasteiger charge is -2.19. The van der Waals surface area contributed by atoms with Crippen molar-refractivity contribution in [3.8, 4) is 5.40 Å². The minimum atomic E-state index is 0.648. The van der Waals surface area contributed by atoms with Gasteiger partial charge in [0.1, 0.15) is 5.40 Å². The van der Waals surface area contributed by atoms with E-state index in [0.29, 0.717) is 5.25 Å². The van der Waals surface area contributed by atoms with E-state index in [-0.39, 0.29) is 0 Å². The molecule has 0 radical (unpaired) electrons. The standard InChI is InChI=1S/C4H5NS2/c5-3-7-4-1-6-2-4/h4H,1-2H2. The monoisotopic (exact) mass is 131 g/mol. The van der Waals surface area contributed by atoms with Crippen LogP contribution in [0, 0.1) is 10.7 Å². The molecule has 38 valence electrons. The van der Waals surface area contributed by atoms with E-state index in [4.69, 9.17) is 5.26 Å². The molecule has 0 spiro atoms. The zero-order valence-electron chi connectivity index (χ0n) is 3.76. The molecule has 0 aliphatic carbocycles. The van der Waals surface area contributed by atoms with Crippen molar-refractivity contribution in [2.75, 3.05) is 11.5 Å². The van der Waals surface area contributed by atoms with Crippen molar-refractivity contribution in [2.45, 2.75) is 5.25 Å². The van der Waals surface area contributed by atoms with E-state index in [9.17, 15) is 0 Å². The highest BCUT2D eigenvalue weighted by Crippen LogP contribution is 2.27. The van der Waals surface area contributed by atoms with E-state index in [0.717, 1.165) is 0 Å². The SMILES string of the molecule is N#CSC1CSC1. The van der Waals surface area contributed by atoms with Gasteiger partial charge >= 0.3 is 0 Å². The number of hydrogen-bond acceptors (Lipinski definition) is 3. The molecule has 1 nitrogen and oxygen atoms in total. The molecule has 1 saturated heterocycles. The van der Waals surface area contributed by atoms with Gasteiger partial charge in [0, 0.05) is 16.8 Å². The highest BCUT2D eigenvalue weighted by atomic mass is 32.2. The Bertz CT molecular complexity index is 92.4. The van der Waals surface area contributed by atoms with Crippen LogP contribution in [0.2, 0.25) is 0 Å². The molecule has 0 aromatic carbocycles. The zero-order chi connectivity index (χ0) is 5.11. The molecule has 1 rings (SSSR count). The maximum Gasteiger partial charge on any atom is 0.133 e. The largest absolute Gasteiger partial charge is 0.185 e. The van der Waals surface area contributed by atoms with Crippen molar-refractivity contribution in [2.24, 2.45) is 0 Å². The van der Waals surface area contributed by atoms with Crippen LogP contribution in [-0.4, -0.2) is 16.8 Å². The third-order valence-corrected chi connectivity index (χ3v) is 3.30. The van der Waals surface area contributed by atoms with Gasteiger partial charge in [-0.2, -0.15) is 17.0 Å². The fraction of sp³-hybridized carbons (Fsp3) is 0.750. The Morgan fingerprint density at radius 3 is 2.57 bits per heavy atom. The molecular formula is C4H5NS2. The van der Waals surface area contributed by atoms with E-state index in [1.54, 1.807) is 0 Å². The summed E-state index contributed by atoms with van der Waals surface area (Å²) < 4.78 is 0. The average Bonchev–Trinajstić information content (AvgIpc) is 1.55. The first kappa shape index (κ1) is 5.33. The van der Waals surface area contributed by atoms with E-state index in [1.165, 1.54) is 23.3 Å². The summed E-state index contributed by atoms with van der Waals surface area (Å²) >= 11 is 3.32. The Morgan fingerprint density at radius 1 is 1.71 bits per heavy atom. The molecule has 1 aliphatic heterocycles. The van der Waals surface area contributed by atoms with Crippen molar-refractivity contribution in [3.05, 3.63) is 0 Å². The summed E-state index contributed by atoms with van der Waals surface area (Å²) in [5, 5.41) is 10.8. The lowest BCUT2D eigenvalue weighted by atomic mass is 10.5. The Balaban J connectivity index is 2.06. The summed E-state index contributed by atoms with van der Waals surface area (Å²) in [5.74, 6) is 2.36. The zero-order valence-corrected chi connectivity index (χ0v) is 5.39. The van der Waals surface area contributed by atoms with Gasteiger partial charge in [-0.3, -0.25) is 0 Å². The number of nitriles is 1. The minimum absolute atomic E-state index is 0.648. The van der Waals surface area contributed by atoms with Gasteiger partial charge in [0.05, 0.1) is 0 Å². The Morgan fingerprint density at radius 2 is 2.43 bits per heavy atom. The number of rotatable bonds is 1. The molecule has 1 aliphatic rings. The van der Waals surface area contributed by atoms with Crippen molar-refractivity contribution in [3.63, 3.8) is 0 Å². The summed E-state index contributed by atoms with van der Waals surface area (Å²) in [6.07, 6.45) is 0. The predicted octanol–water partition coefficient (Wildman–Crippen LogP) is 1.32. The van der Waals surface area contributed by atoms with Gasteiger partial charge < -0.3 is 0 Å². The van der Waals surface area contributed by atoms with Crippen LogP contribution in [0.3, 0.4) is 0 Å².